The lowest BCUT2D eigenvalue weighted by Crippen LogP contribution is -2.47. The zero-order chi connectivity index (χ0) is 15.9. The SMILES string of the molecule is CNC(=S)NNC(=S)[C@@H](c1cccc(Br)c1)C1CCCCC1. The first-order valence-electron chi connectivity index (χ1n) is 7.65. The van der Waals surface area contributed by atoms with Crippen molar-refractivity contribution in [2.45, 2.75) is 38.0 Å². The first-order chi connectivity index (χ1) is 10.6. The summed E-state index contributed by atoms with van der Waals surface area (Å²) in [5.41, 5.74) is 7.32. The second-order valence-corrected chi connectivity index (χ2v) is 7.39. The Hall–Kier alpha value is -0.720. The molecule has 22 heavy (non-hydrogen) atoms. The maximum Gasteiger partial charge on any atom is 0.184 e. The average molecular weight is 400 g/mol. The van der Waals surface area contributed by atoms with E-state index >= 15 is 0 Å². The number of nitrogens with one attached hydrogen (secondary N) is 3. The fraction of sp³-hybridized carbons (Fsp3) is 0.500. The third-order valence-corrected chi connectivity index (χ3v) is 5.29. The van der Waals surface area contributed by atoms with E-state index in [2.05, 4.69) is 50.3 Å². The minimum atomic E-state index is 0.222. The highest BCUT2D eigenvalue weighted by atomic mass is 79.9. The first kappa shape index (κ1) is 17.6. The molecule has 1 fully saturated rings. The molecule has 3 N–H and O–H groups in total. The number of rotatable bonds is 3. The van der Waals surface area contributed by atoms with E-state index in [4.69, 9.17) is 24.4 Å². The van der Waals surface area contributed by atoms with E-state index in [0.717, 1.165) is 9.46 Å². The Kier molecular flexibility index (Phi) is 7.05. The highest BCUT2D eigenvalue weighted by molar-refractivity contribution is 9.10. The summed E-state index contributed by atoms with van der Waals surface area (Å²) in [7, 11) is 1.78. The van der Waals surface area contributed by atoms with Gasteiger partial charge in [-0.15, -0.1) is 0 Å². The van der Waals surface area contributed by atoms with Crippen LogP contribution in [0.15, 0.2) is 28.7 Å². The molecule has 0 heterocycles. The zero-order valence-electron chi connectivity index (χ0n) is 12.7. The largest absolute Gasteiger partial charge is 0.364 e. The van der Waals surface area contributed by atoms with Crippen molar-refractivity contribution < 1.29 is 0 Å². The summed E-state index contributed by atoms with van der Waals surface area (Å²) >= 11 is 14.3. The van der Waals surface area contributed by atoms with Crippen LogP contribution in [0.1, 0.15) is 43.6 Å². The van der Waals surface area contributed by atoms with Gasteiger partial charge in [0.05, 0.1) is 0 Å². The molecule has 0 saturated heterocycles. The molecule has 120 valence electrons. The molecule has 3 nitrogen and oxygen atoms in total. The van der Waals surface area contributed by atoms with Gasteiger partial charge in [-0.05, 0) is 48.7 Å². The maximum absolute atomic E-state index is 5.67. The van der Waals surface area contributed by atoms with Gasteiger partial charge in [-0.2, -0.15) is 0 Å². The number of hydrogen-bond donors (Lipinski definition) is 3. The highest BCUT2D eigenvalue weighted by Gasteiger charge is 2.28. The van der Waals surface area contributed by atoms with Crippen molar-refractivity contribution in [1.29, 1.82) is 0 Å². The van der Waals surface area contributed by atoms with Crippen LogP contribution in [0, 0.1) is 5.92 Å². The Morgan fingerprint density at radius 2 is 1.91 bits per heavy atom. The average Bonchev–Trinajstić information content (AvgIpc) is 2.54. The summed E-state index contributed by atoms with van der Waals surface area (Å²) < 4.78 is 1.09. The fourth-order valence-corrected chi connectivity index (χ4v) is 3.91. The van der Waals surface area contributed by atoms with Crippen molar-refractivity contribution in [2.24, 2.45) is 5.92 Å². The van der Waals surface area contributed by atoms with Crippen molar-refractivity contribution in [3.63, 3.8) is 0 Å². The molecule has 1 aromatic rings. The molecule has 0 amide bonds. The van der Waals surface area contributed by atoms with E-state index in [1.165, 1.54) is 37.7 Å². The Labute approximate surface area is 151 Å². The van der Waals surface area contributed by atoms with Crippen LogP contribution in [0.3, 0.4) is 0 Å². The lowest BCUT2D eigenvalue weighted by Gasteiger charge is -2.31. The zero-order valence-corrected chi connectivity index (χ0v) is 15.9. The van der Waals surface area contributed by atoms with Crippen molar-refractivity contribution in [2.75, 3.05) is 7.05 Å². The molecule has 0 radical (unpaired) electrons. The molecule has 0 aliphatic heterocycles. The monoisotopic (exact) mass is 399 g/mol. The van der Waals surface area contributed by atoms with Crippen molar-refractivity contribution in [3.8, 4) is 0 Å². The van der Waals surface area contributed by atoms with Crippen LogP contribution in [-0.2, 0) is 0 Å². The lowest BCUT2D eigenvalue weighted by atomic mass is 9.77. The van der Waals surface area contributed by atoms with Crippen LogP contribution in [0.2, 0.25) is 0 Å². The molecule has 6 heteroatoms. The van der Waals surface area contributed by atoms with Crippen LogP contribution in [0.25, 0.3) is 0 Å². The summed E-state index contributed by atoms with van der Waals surface area (Å²) in [5, 5.41) is 3.42. The second-order valence-electron chi connectivity index (χ2n) is 5.62. The number of benzene rings is 1. The molecule has 1 atom stereocenters. The van der Waals surface area contributed by atoms with Crippen LogP contribution >= 0.6 is 40.4 Å². The molecule has 0 aromatic heterocycles. The molecule has 1 saturated carbocycles. The summed E-state index contributed by atoms with van der Waals surface area (Å²) in [6.07, 6.45) is 6.38. The number of hydrazine groups is 1. The molecule has 0 spiro atoms. The summed E-state index contributed by atoms with van der Waals surface area (Å²) in [6, 6.07) is 8.45. The maximum atomic E-state index is 5.67. The Morgan fingerprint density at radius 3 is 2.55 bits per heavy atom. The molecule has 0 unspecified atom stereocenters. The van der Waals surface area contributed by atoms with E-state index < -0.39 is 0 Å². The van der Waals surface area contributed by atoms with Gasteiger partial charge in [0.2, 0.25) is 0 Å². The van der Waals surface area contributed by atoms with Crippen LogP contribution in [0.5, 0.6) is 0 Å². The smallest absolute Gasteiger partial charge is 0.184 e. The van der Waals surface area contributed by atoms with E-state index in [1.54, 1.807) is 7.05 Å². The minimum absolute atomic E-state index is 0.222. The normalized spacial score (nSPS) is 16.6. The Bertz CT molecular complexity index is 530. The lowest BCUT2D eigenvalue weighted by molar-refractivity contribution is 0.339. The van der Waals surface area contributed by atoms with Crippen LogP contribution < -0.4 is 16.2 Å². The van der Waals surface area contributed by atoms with Gasteiger partial charge >= 0.3 is 0 Å². The topological polar surface area (TPSA) is 36.1 Å². The van der Waals surface area contributed by atoms with E-state index in [-0.39, 0.29) is 5.92 Å². The second kappa shape index (κ2) is 8.79. The quantitative estimate of drug-likeness (QED) is 0.528. The van der Waals surface area contributed by atoms with Crippen LogP contribution in [0.4, 0.5) is 0 Å². The van der Waals surface area contributed by atoms with E-state index in [1.807, 2.05) is 6.07 Å². The number of thiocarbonyl (C=S) groups is 2. The van der Waals surface area contributed by atoms with Crippen LogP contribution in [-0.4, -0.2) is 17.1 Å². The number of halogens is 1. The van der Waals surface area contributed by atoms with Gasteiger partial charge in [-0.3, -0.25) is 10.9 Å². The molecular weight excluding hydrogens is 378 g/mol. The molecule has 1 aromatic carbocycles. The third kappa shape index (κ3) is 4.89. The van der Waals surface area contributed by atoms with Gasteiger partial charge in [0.15, 0.2) is 5.11 Å². The minimum Gasteiger partial charge on any atom is -0.364 e. The summed E-state index contributed by atoms with van der Waals surface area (Å²) in [6.45, 7) is 0. The third-order valence-electron chi connectivity index (χ3n) is 4.14. The summed E-state index contributed by atoms with van der Waals surface area (Å²) in [4.78, 5) is 0.808. The number of hydrogen-bond acceptors (Lipinski definition) is 2. The predicted octanol–water partition coefficient (Wildman–Crippen LogP) is 4.04. The molecule has 2 rings (SSSR count). The van der Waals surface area contributed by atoms with Gasteiger partial charge in [0.25, 0.3) is 0 Å². The Balaban J connectivity index is 2.17. The molecule has 1 aliphatic rings. The highest BCUT2D eigenvalue weighted by Crippen LogP contribution is 2.37. The van der Waals surface area contributed by atoms with Gasteiger partial charge in [0, 0.05) is 17.4 Å². The Morgan fingerprint density at radius 1 is 1.18 bits per heavy atom. The van der Waals surface area contributed by atoms with Gasteiger partial charge < -0.3 is 5.32 Å². The van der Waals surface area contributed by atoms with Gasteiger partial charge in [0.1, 0.15) is 4.99 Å². The van der Waals surface area contributed by atoms with Crippen molar-refractivity contribution in [3.05, 3.63) is 34.3 Å². The van der Waals surface area contributed by atoms with Gasteiger partial charge in [-0.1, -0.05) is 59.5 Å². The fourth-order valence-electron chi connectivity index (χ4n) is 3.06. The molecule has 1 aliphatic carbocycles. The first-order valence-corrected chi connectivity index (χ1v) is 9.26. The van der Waals surface area contributed by atoms with Gasteiger partial charge in [-0.25, -0.2) is 0 Å². The summed E-state index contributed by atoms with van der Waals surface area (Å²) in [5.74, 6) is 0.813. The van der Waals surface area contributed by atoms with E-state index in [9.17, 15) is 0 Å². The predicted molar refractivity (Wildman–Crippen MR) is 104 cm³/mol. The molecule has 0 bridgehead atoms. The van der Waals surface area contributed by atoms with E-state index in [0.29, 0.717) is 11.0 Å². The standard InChI is InChI=1S/C16H22BrN3S2/c1-18-16(22)20-19-15(21)14(11-6-3-2-4-7-11)12-8-5-9-13(17)10-12/h5,8-11,14H,2-4,6-7H2,1H3,(H,19,21)(H2,18,20,22)/t14-/m1/s1. The van der Waals surface area contributed by atoms with Crippen molar-refractivity contribution >= 4 is 50.5 Å². The van der Waals surface area contributed by atoms with Crippen molar-refractivity contribution in [1.82, 2.24) is 16.2 Å². The molecular formula is C16H22BrN3S2.